The maximum Gasteiger partial charge on any atom is 0.0793 e. The van der Waals surface area contributed by atoms with Gasteiger partial charge < -0.3 is 5.11 Å². The molecule has 0 heterocycles. The Labute approximate surface area is 108 Å². The molecule has 0 amide bonds. The van der Waals surface area contributed by atoms with E-state index in [4.69, 9.17) is 0 Å². The molecule has 0 bridgehead atoms. The van der Waals surface area contributed by atoms with Crippen molar-refractivity contribution in [1.29, 1.82) is 0 Å². The molecule has 2 aromatic rings. The normalized spacial score (nSPS) is 13.3. The SMILES string of the molecule is CC[C@@H](O)/C(=C/c1ccccc1)c1ccccc1. The predicted octanol–water partition coefficient (Wildman–Crippen LogP) is 4.00. The fraction of sp³-hybridized carbons (Fsp3) is 0.176. The number of hydrogen-bond acceptors (Lipinski definition) is 1. The topological polar surface area (TPSA) is 20.2 Å². The molecule has 0 spiro atoms. The van der Waals surface area contributed by atoms with Crippen LogP contribution < -0.4 is 0 Å². The molecular formula is C17H18O. The molecule has 0 aliphatic heterocycles. The molecule has 0 radical (unpaired) electrons. The minimum absolute atomic E-state index is 0.424. The summed E-state index contributed by atoms with van der Waals surface area (Å²) in [5.74, 6) is 0. The lowest BCUT2D eigenvalue weighted by atomic mass is 9.96. The third kappa shape index (κ3) is 3.08. The number of hydrogen-bond donors (Lipinski definition) is 1. The van der Waals surface area contributed by atoms with Crippen molar-refractivity contribution in [3.05, 3.63) is 71.8 Å². The van der Waals surface area contributed by atoms with Crippen LogP contribution in [0.25, 0.3) is 11.6 Å². The van der Waals surface area contributed by atoms with Gasteiger partial charge in [-0.2, -0.15) is 0 Å². The summed E-state index contributed by atoms with van der Waals surface area (Å²) in [5, 5.41) is 10.2. The van der Waals surface area contributed by atoms with Gasteiger partial charge in [-0.1, -0.05) is 67.6 Å². The van der Waals surface area contributed by atoms with Crippen LogP contribution in [0.1, 0.15) is 24.5 Å². The van der Waals surface area contributed by atoms with Gasteiger partial charge in [-0.05, 0) is 29.2 Å². The number of aliphatic hydroxyl groups is 1. The molecule has 0 aliphatic carbocycles. The van der Waals surface area contributed by atoms with Gasteiger partial charge in [0.05, 0.1) is 6.10 Å². The van der Waals surface area contributed by atoms with Crippen LogP contribution >= 0.6 is 0 Å². The second-order valence-corrected chi connectivity index (χ2v) is 4.30. The van der Waals surface area contributed by atoms with Gasteiger partial charge in [0.2, 0.25) is 0 Å². The maximum absolute atomic E-state index is 10.2. The van der Waals surface area contributed by atoms with Gasteiger partial charge in [0.25, 0.3) is 0 Å². The molecule has 0 saturated carbocycles. The van der Waals surface area contributed by atoms with Crippen LogP contribution in [-0.2, 0) is 0 Å². The summed E-state index contributed by atoms with van der Waals surface area (Å²) in [6.07, 6.45) is 2.35. The van der Waals surface area contributed by atoms with Crippen molar-refractivity contribution < 1.29 is 5.11 Å². The molecule has 1 nitrogen and oxygen atoms in total. The summed E-state index contributed by atoms with van der Waals surface area (Å²) < 4.78 is 0. The van der Waals surface area contributed by atoms with E-state index in [1.54, 1.807) is 0 Å². The first-order chi connectivity index (χ1) is 8.81. The summed E-state index contributed by atoms with van der Waals surface area (Å²) in [4.78, 5) is 0. The molecule has 0 unspecified atom stereocenters. The van der Waals surface area contributed by atoms with E-state index in [1.165, 1.54) is 0 Å². The van der Waals surface area contributed by atoms with E-state index in [0.29, 0.717) is 6.42 Å². The zero-order valence-corrected chi connectivity index (χ0v) is 10.6. The Balaban J connectivity index is 2.41. The zero-order chi connectivity index (χ0) is 12.8. The summed E-state index contributed by atoms with van der Waals surface area (Å²) in [7, 11) is 0. The fourth-order valence-corrected chi connectivity index (χ4v) is 1.95. The lowest BCUT2D eigenvalue weighted by molar-refractivity contribution is 0.229. The van der Waals surface area contributed by atoms with E-state index >= 15 is 0 Å². The lowest BCUT2D eigenvalue weighted by Crippen LogP contribution is -2.07. The van der Waals surface area contributed by atoms with E-state index in [-0.39, 0.29) is 0 Å². The molecule has 0 saturated heterocycles. The van der Waals surface area contributed by atoms with E-state index in [0.717, 1.165) is 16.7 Å². The maximum atomic E-state index is 10.2. The van der Waals surface area contributed by atoms with E-state index in [9.17, 15) is 5.11 Å². The summed E-state index contributed by atoms with van der Waals surface area (Å²) in [6.45, 7) is 1.99. The molecule has 92 valence electrons. The first-order valence-corrected chi connectivity index (χ1v) is 6.31. The average molecular weight is 238 g/mol. The first kappa shape index (κ1) is 12.6. The molecule has 1 heteroatoms. The highest BCUT2D eigenvalue weighted by molar-refractivity contribution is 5.83. The Morgan fingerprint density at radius 2 is 1.56 bits per heavy atom. The lowest BCUT2D eigenvalue weighted by Gasteiger charge is -2.14. The smallest absolute Gasteiger partial charge is 0.0793 e. The van der Waals surface area contributed by atoms with Gasteiger partial charge >= 0.3 is 0 Å². The van der Waals surface area contributed by atoms with Crippen molar-refractivity contribution in [3.63, 3.8) is 0 Å². The Bertz CT molecular complexity index is 500. The summed E-state index contributed by atoms with van der Waals surface area (Å²) in [5.41, 5.74) is 3.17. The van der Waals surface area contributed by atoms with Gasteiger partial charge in [0.1, 0.15) is 0 Å². The first-order valence-electron chi connectivity index (χ1n) is 6.31. The Morgan fingerprint density at radius 1 is 1.00 bits per heavy atom. The molecule has 1 N–H and O–H groups in total. The highest BCUT2D eigenvalue weighted by Gasteiger charge is 2.10. The fourth-order valence-electron chi connectivity index (χ4n) is 1.95. The van der Waals surface area contributed by atoms with Crippen LogP contribution in [0, 0.1) is 0 Å². The van der Waals surface area contributed by atoms with Gasteiger partial charge in [-0.25, -0.2) is 0 Å². The van der Waals surface area contributed by atoms with Crippen molar-refractivity contribution in [3.8, 4) is 0 Å². The van der Waals surface area contributed by atoms with Crippen LogP contribution in [0.15, 0.2) is 60.7 Å². The number of rotatable bonds is 4. The highest BCUT2D eigenvalue weighted by Crippen LogP contribution is 2.23. The summed E-state index contributed by atoms with van der Waals surface area (Å²) >= 11 is 0. The van der Waals surface area contributed by atoms with Crippen LogP contribution in [0.4, 0.5) is 0 Å². The Kier molecular flexibility index (Phi) is 4.32. The van der Waals surface area contributed by atoms with Crippen LogP contribution in [0.3, 0.4) is 0 Å². The van der Waals surface area contributed by atoms with Gasteiger partial charge in [-0.15, -0.1) is 0 Å². The third-order valence-corrected chi connectivity index (χ3v) is 2.97. The van der Waals surface area contributed by atoms with E-state index < -0.39 is 6.10 Å². The monoisotopic (exact) mass is 238 g/mol. The highest BCUT2D eigenvalue weighted by atomic mass is 16.3. The molecule has 1 atom stereocenters. The standard InChI is InChI=1S/C17H18O/c1-2-17(18)16(15-11-7-4-8-12-15)13-14-9-5-3-6-10-14/h3-13,17-18H,2H2,1H3/b16-13+/t17-/m1/s1. The zero-order valence-electron chi connectivity index (χ0n) is 10.6. The molecule has 2 aromatic carbocycles. The van der Waals surface area contributed by atoms with Crippen LogP contribution in [0.2, 0.25) is 0 Å². The molecule has 0 aromatic heterocycles. The van der Waals surface area contributed by atoms with Gasteiger partial charge in [0, 0.05) is 0 Å². The minimum atomic E-state index is -0.424. The van der Waals surface area contributed by atoms with Gasteiger partial charge in [0.15, 0.2) is 0 Å². The molecule has 18 heavy (non-hydrogen) atoms. The van der Waals surface area contributed by atoms with Crippen molar-refractivity contribution in [2.45, 2.75) is 19.4 Å². The Hall–Kier alpha value is -1.86. The predicted molar refractivity (Wildman–Crippen MR) is 77.1 cm³/mol. The molecular weight excluding hydrogens is 220 g/mol. The minimum Gasteiger partial charge on any atom is -0.388 e. The van der Waals surface area contributed by atoms with Crippen molar-refractivity contribution >= 4 is 11.6 Å². The van der Waals surface area contributed by atoms with Gasteiger partial charge in [-0.3, -0.25) is 0 Å². The van der Waals surface area contributed by atoms with Crippen molar-refractivity contribution in [2.24, 2.45) is 0 Å². The summed E-state index contributed by atoms with van der Waals surface area (Å²) in [6, 6.07) is 20.2. The van der Waals surface area contributed by atoms with Crippen molar-refractivity contribution in [1.82, 2.24) is 0 Å². The van der Waals surface area contributed by atoms with E-state index in [2.05, 4.69) is 6.08 Å². The molecule has 0 fully saturated rings. The average Bonchev–Trinajstić information content (AvgIpc) is 2.46. The van der Waals surface area contributed by atoms with Crippen molar-refractivity contribution in [2.75, 3.05) is 0 Å². The third-order valence-electron chi connectivity index (χ3n) is 2.97. The number of aliphatic hydroxyl groups excluding tert-OH is 1. The quantitative estimate of drug-likeness (QED) is 0.798. The van der Waals surface area contributed by atoms with Crippen LogP contribution in [-0.4, -0.2) is 11.2 Å². The molecule has 0 aliphatic rings. The van der Waals surface area contributed by atoms with Crippen LogP contribution in [0.5, 0.6) is 0 Å². The number of benzene rings is 2. The molecule has 2 rings (SSSR count). The largest absolute Gasteiger partial charge is 0.388 e. The Morgan fingerprint density at radius 3 is 2.11 bits per heavy atom. The second-order valence-electron chi connectivity index (χ2n) is 4.30. The second kappa shape index (κ2) is 6.18. The van der Waals surface area contributed by atoms with E-state index in [1.807, 2.05) is 67.6 Å².